The fourth-order valence-electron chi connectivity index (χ4n) is 2.01. The van der Waals surface area contributed by atoms with Crippen molar-refractivity contribution in [3.05, 3.63) is 58.6 Å². The number of phenolic OH excluding ortho intramolecular Hbond substituents is 2. The topological polar surface area (TPSA) is 90.1 Å². The summed E-state index contributed by atoms with van der Waals surface area (Å²) in [6, 6.07) is 10.1. The monoisotopic (exact) mass is 333 g/mol. The summed E-state index contributed by atoms with van der Waals surface area (Å²) in [5, 5.41) is 28.6. The number of rotatable bonds is 6. The van der Waals surface area contributed by atoms with Crippen LogP contribution in [0.15, 0.2) is 47.5 Å². The predicted octanol–water partition coefficient (Wildman–Crippen LogP) is 2.34. The summed E-state index contributed by atoms with van der Waals surface area (Å²) in [5.41, 5.74) is 1.18. The first-order valence-electron chi connectivity index (χ1n) is 6.93. The lowest BCUT2D eigenvalue weighted by Crippen LogP contribution is -2.24. The smallest absolute Gasteiger partial charge is 0.182 e. The first-order valence-corrected chi connectivity index (χ1v) is 7.30. The van der Waals surface area contributed by atoms with E-state index in [1.165, 1.54) is 30.5 Å². The van der Waals surface area contributed by atoms with Gasteiger partial charge in [-0.25, -0.2) is 0 Å². The van der Waals surface area contributed by atoms with Crippen LogP contribution >= 0.6 is 11.6 Å². The molecule has 120 valence electrons. The molecule has 5 nitrogen and oxygen atoms in total. The van der Waals surface area contributed by atoms with E-state index in [9.17, 15) is 15.0 Å². The molecule has 1 unspecified atom stereocenters. The summed E-state index contributed by atoms with van der Waals surface area (Å²) >= 11 is 5.86. The highest BCUT2D eigenvalue weighted by atomic mass is 35.5. The Morgan fingerprint density at radius 2 is 1.87 bits per heavy atom. The second kappa shape index (κ2) is 7.76. The van der Waals surface area contributed by atoms with Crippen molar-refractivity contribution in [1.29, 1.82) is 0 Å². The van der Waals surface area contributed by atoms with E-state index in [-0.39, 0.29) is 17.9 Å². The molecule has 0 aliphatic carbocycles. The second-order valence-corrected chi connectivity index (χ2v) is 5.43. The van der Waals surface area contributed by atoms with Crippen LogP contribution in [0.1, 0.15) is 11.1 Å². The second-order valence-electron chi connectivity index (χ2n) is 4.99. The van der Waals surface area contributed by atoms with Gasteiger partial charge >= 0.3 is 0 Å². The summed E-state index contributed by atoms with van der Waals surface area (Å²) in [6.45, 7) is -0.623. The molecule has 2 rings (SSSR count). The number of hydrogen-bond donors (Lipinski definition) is 3. The highest BCUT2D eigenvalue weighted by Crippen LogP contribution is 2.20. The molecular weight excluding hydrogens is 318 g/mol. The molecule has 2 aromatic carbocycles. The van der Waals surface area contributed by atoms with E-state index in [1.54, 1.807) is 18.2 Å². The van der Waals surface area contributed by atoms with Crippen molar-refractivity contribution in [3.63, 3.8) is 0 Å². The van der Waals surface area contributed by atoms with Crippen molar-refractivity contribution >= 4 is 23.6 Å². The third kappa shape index (κ3) is 4.81. The fraction of sp³-hybridized carbons (Fsp3) is 0.176. The molecule has 0 radical (unpaired) electrons. The molecule has 3 N–H and O–H groups in total. The van der Waals surface area contributed by atoms with Gasteiger partial charge in [0.15, 0.2) is 5.78 Å². The molecule has 0 aliphatic heterocycles. The Bertz CT molecular complexity index is 713. The average molecular weight is 334 g/mol. The molecule has 0 aromatic heterocycles. The van der Waals surface area contributed by atoms with Crippen molar-refractivity contribution < 1.29 is 20.1 Å². The van der Waals surface area contributed by atoms with Crippen LogP contribution in [0.5, 0.6) is 11.5 Å². The number of carbonyl (C=O) groups excluding carboxylic acids is 1. The van der Waals surface area contributed by atoms with Crippen LogP contribution in [0.2, 0.25) is 5.02 Å². The number of aromatic hydroxyl groups is 2. The third-order valence-corrected chi connectivity index (χ3v) is 3.51. The maximum atomic E-state index is 11.9. The van der Waals surface area contributed by atoms with E-state index in [1.807, 2.05) is 0 Å². The van der Waals surface area contributed by atoms with Crippen molar-refractivity contribution in [2.75, 3.05) is 6.61 Å². The number of aliphatic imine (C=N–C) groups is 1. The van der Waals surface area contributed by atoms with Crippen LogP contribution in [0, 0.1) is 0 Å². The Hall–Kier alpha value is -2.37. The summed E-state index contributed by atoms with van der Waals surface area (Å²) in [4.78, 5) is 16.0. The first-order chi connectivity index (χ1) is 11.0. The number of halogens is 1. The highest BCUT2D eigenvalue weighted by Gasteiger charge is 2.16. The van der Waals surface area contributed by atoms with Gasteiger partial charge in [0.1, 0.15) is 24.1 Å². The summed E-state index contributed by atoms with van der Waals surface area (Å²) in [7, 11) is 0. The molecule has 0 amide bonds. The van der Waals surface area contributed by atoms with E-state index in [4.69, 9.17) is 16.7 Å². The van der Waals surface area contributed by atoms with Crippen LogP contribution in [0.25, 0.3) is 0 Å². The molecule has 0 fully saturated rings. The number of carbonyl (C=O) groups is 1. The third-order valence-electron chi connectivity index (χ3n) is 3.28. The maximum Gasteiger partial charge on any atom is 0.182 e. The lowest BCUT2D eigenvalue weighted by atomic mass is 10.0. The van der Waals surface area contributed by atoms with Crippen LogP contribution in [-0.4, -0.2) is 40.0 Å². The Morgan fingerprint density at radius 3 is 2.52 bits per heavy atom. The Labute approximate surface area is 138 Å². The Kier molecular flexibility index (Phi) is 5.73. The first kappa shape index (κ1) is 17.0. The molecule has 0 spiro atoms. The van der Waals surface area contributed by atoms with Crippen molar-refractivity contribution in [2.45, 2.75) is 12.5 Å². The van der Waals surface area contributed by atoms with Crippen LogP contribution in [0.4, 0.5) is 0 Å². The molecular formula is C17H16ClNO4. The number of ketones is 1. The fourth-order valence-corrected chi connectivity index (χ4v) is 2.19. The molecule has 1 atom stereocenters. The van der Waals surface area contributed by atoms with Gasteiger partial charge in [-0.15, -0.1) is 0 Å². The molecule has 0 saturated heterocycles. The van der Waals surface area contributed by atoms with Gasteiger partial charge < -0.3 is 15.3 Å². The number of phenols is 2. The Morgan fingerprint density at radius 1 is 1.17 bits per heavy atom. The minimum atomic E-state index is -0.789. The lowest BCUT2D eigenvalue weighted by molar-refractivity contribution is -0.122. The molecule has 0 saturated carbocycles. The zero-order chi connectivity index (χ0) is 16.8. The van der Waals surface area contributed by atoms with Gasteiger partial charge in [-0.1, -0.05) is 23.7 Å². The minimum absolute atomic E-state index is 0.00187. The molecule has 0 bridgehead atoms. The van der Waals surface area contributed by atoms with E-state index >= 15 is 0 Å². The SMILES string of the molecule is O=C(CO)C(Cc1ccc(O)cc1)N=Cc1cc(Cl)ccc1O. The van der Waals surface area contributed by atoms with E-state index < -0.39 is 18.4 Å². The summed E-state index contributed by atoms with van der Waals surface area (Å²) < 4.78 is 0. The van der Waals surface area contributed by atoms with Gasteiger partial charge in [0.2, 0.25) is 0 Å². The van der Waals surface area contributed by atoms with E-state index in [0.29, 0.717) is 10.6 Å². The van der Waals surface area contributed by atoms with Gasteiger partial charge in [-0.3, -0.25) is 9.79 Å². The van der Waals surface area contributed by atoms with E-state index in [0.717, 1.165) is 5.56 Å². The summed E-state index contributed by atoms with van der Waals surface area (Å²) in [6.07, 6.45) is 1.64. The Balaban J connectivity index is 2.21. The zero-order valence-electron chi connectivity index (χ0n) is 12.2. The predicted molar refractivity (Wildman–Crippen MR) is 88.4 cm³/mol. The number of benzene rings is 2. The highest BCUT2D eigenvalue weighted by molar-refractivity contribution is 6.30. The zero-order valence-corrected chi connectivity index (χ0v) is 12.9. The number of aliphatic hydroxyl groups is 1. The number of Topliss-reactive ketones (excluding diaryl/α,β-unsaturated/α-hetero) is 1. The quantitative estimate of drug-likeness (QED) is 0.708. The van der Waals surface area contributed by atoms with Crippen molar-refractivity contribution in [1.82, 2.24) is 0 Å². The van der Waals surface area contributed by atoms with Gasteiger partial charge in [-0.05, 0) is 35.9 Å². The molecule has 2 aromatic rings. The van der Waals surface area contributed by atoms with E-state index in [2.05, 4.69) is 4.99 Å². The molecule has 6 heteroatoms. The van der Waals surface area contributed by atoms with Crippen LogP contribution in [0.3, 0.4) is 0 Å². The van der Waals surface area contributed by atoms with Crippen LogP contribution < -0.4 is 0 Å². The number of nitrogens with zero attached hydrogens (tertiary/aromatic N) is 1. The van der Waals surface area contributed by atoms with Gasteiger partial charge in [0.05, 0.1) is 0 Å². The molecule has 0 heterocycles. The van der Waals surface area contributed by atoms with Crippen molar-refractivity contribution in [3.8, 4) is 11.5 Å². The van der Waals surface area contributed by atoms with Gasteiger partial charge in [-0.2, -0.15) is 0 Å². The van der Waals surface area contributed by atoms with Crippen LogP contribution in [-0.2, 0) is 11.2 Å². The minimum Gasteiger partial charge on any atom is -0.508 e. The van der Waals surface area contributed by atoms with Gasteiger partial charge in [0.25, 0.3) is 0 Å². The van der Waals surface area contributed by atoms with Gasteiger partial charge in [0, 0.05) is 23.2 Å². The molecule has 0 aliphatic rings. The number of hydrogen-bond acceptors (Lipinski definition) is 5. The lowest BCUT2D eigenvalue weighted by Gasteiger charge is -2.10. The largest absolute Gasteiger partial charge is 0.508 e. The maximum absolute atomic E-state index is 11.9. The summed E-state index contributed by atoms with van der Waals surface area (Å²) in [5.74, 6) is -0.306. The molecule has 23 heavy (non-hydrogen) atoms. The normalized spacial score (nSPS) is 12.4. The number of aliphatic hydroxyl groups excluding tert-OH is 1. The standard InChI is InChI=1S/C17H16ClNO4/c18-13-3-6-16(22)12(8-13)9-19-15(17(23)10-20)7-11-1-4-14(21)5-2-11/h1-6,8-9,15,20-22H,7,10H2. The van der Waals surface area contributed by atoms with Crippen molar-refractivity contribution in [2.24, 2.45) is 4.99 Å². The average Bonchev–Trinajstić information content (AvgIpc) is 2.55.